The number of H-pyrrole nitrogens is 1. The number of rotatable bonds is 45. The fourth-order valence-electron chi connectivity index (χ4n) is 11.4. The summed E-state index contributed by atoms with van der Waals surface area (Å²) in [5.74, 6) is -10.9. The number of hydrogen-bond donors (Lipinski definition) is 26. The predicted octanol–water partition coefficient (Wildman–Crippen LogP) is -4.06. The molecule has 0 aliphatic rings. The standard InChI is InChI=1S/C73H99N19O17/c74-29-4-3-9-53(85-64(102)55(11-6-31-82-73(78)79)86-69(107)59(38-93)90-66(104)54(10-5-30-81-72(76)77)84-62(100)51(75)33-42-14-22-47(97)23-15-42)65(103)88-57(35-44-18-26-49(99)27-19-44)67(105)91-61(40-95)71(109)92-60(39-94)70(108)89-58(36-45-37-83-52-8-2-1-7-50(45)52)68(106)87-56(34-43-16-24-48(98)25-17-43)63(101)80-32-28-41-12-20-46(96)21-13-41/h1-2,7-8,12-27,37,51,53-61,83,93-99H,3-6,9-11,28-36,38-40,74-75H2,(H,80,101)(H,84,100)(H,85,102)(H,86,107)(H,87,106)(H,88,103)(H,89,108)(H,90,104)(H,91,105)(H,92,109)(H4,76,77,81)(H4,78,79,82)/t51-,53-,54-,55-,56-,57-,58-,59-,60-,61-/m0/s1. The Balaban J connectivity index is 1.19. The number of hydrogen-bond acceptors (Lipinski definition) is 21. The van der Waals surface area contributed by atoms with Crippen LogP contribution in [-0.4, -0.2) is 218 Å². The number of amides is 10. The van der Waals surface area contributed by atoms with Gasteiger partial charge in [0.05, 0.1) is 25.9 Å². The highest BCUT2D eigenvalue weighted by Crippen LogP contribution is 2.21. The number of aromatic amines is 1. The Kier molecular flexibility index (Phi) is 34.7. The Hall–Kier alpha value is -12.1. The second-order valence-electron chi connectivity index (χ2n) is 25.8. The van der Waals surface area contributed by atoms with Gasteiger partial charge in [-0.1, -0.05) is 66.7 Å². The Bertz CT molecular complexity index is 4020. The second-order valence-corrected chi connectivity index (χ2v) is 25.8. The van der Waals surface area contributed by atoms with E-state index in [1.165, 1.54) is 60.7 Å². The van der Waals surface area contributed by atoms with Gasteiger partial charge < -0.3 is 127 Å². The van der Waals surface area contributed by atoms with E-state index in [4.69, 9.17) is 33.8 Å². The molecule has 6 rings (SSSR count). The molecule has 0 saturated heterocycles. The zero-order chi connectivity index (χ0) is 79.5. The van der Waals surface area contributed by atoms with Gasteiger partial charge in [-0.05, 0) is 147 Å². The van der Waals surface area contributed by atoms with Gasteiger partial charge in [0.1, 0.15) is 77.4 Å². The van der Waals surface area contributed by atoms with Crippen molar-refractivity contribution in [1.82, 2.24) is 68.8 Å². The third-order valence-corrected chi connectivity index (χ3v) is 17.4. The number of unbranched alkanes of at least 4 members (excludes halogenated alkanes) is 1. The summed E-state index contributed by atoms with van der Waals surface area (Å²) >= 11 is 0. The number of benzene rings is 5. The monoisotopic (exact) mass is 1510 g/mol. The molecular weight excluding hydrogens is 1410 g/mol. The first-order valence-corrected chi connectivity index (χ1v) is 35.3. The summed E-state index contributed by atoms with van der Waals surface area (Å²) in [6.07, 6.45) is 1.47. The van der Waals surface area contributed by atoms with Gasteiger partial charge >= 0.3 is 0 Å². The lowest BCUT2D eigenvalue weighted by Crippen LogP contribution is -2.62. The number of aromatic nitrogens is 1. The number of phenolic OH excluding ortho intramolecular Hbond substituents is 4. The zero-order valence-electron chi connectivity index (χ0n) is 59.9. The molecule has 0 aliphatic heterocycles. The topological polar surface area (TPSA) is 624 Å². The number of fused-ring (bicyclic) bond motifs is 1. The highest BCUT2D eigenvalue weighted by Gasteiger charge is 2.36. The highest BCUT2D eigenvalue weighted by atomic mass is 16.3. The first-order valence-electron chi connectivity index (χ1n) is 35.3. The molecule has 0 bridgehead atoms. The van der Waals surface area contributed by atoms with Crippen molar-refractivity contribution >= 4 is 81.9 Å². The molecule has 30 N–H and O–H groups in total. The fraction of sp³-hybridized carbons (Fsp3) is 0.397. The van der Waals surface area contributed by atoms with Crippen LogP contribution in [0.1, 0.15) is 72.8 Å². The summed E-state index contributed by atoms with van der Waals surface area (Å²) in [5.41, 5.74) is 26.4. The maximum atomic E-state index is 14.7. The summed E-state index contributed by atoms with van der Waals surface area (Å²) in [4.78, 5) is 146. The van der Waals surface area contributed by atoms with E-state index in [0.29, 0.717) is 46.0 Å². The Morgan fingerprint density at radius 3 is 1.10 bits per heavy atom. The molecule has 10 amide bonds. The van der Waals surface area contributed by atoms with E-state index >= 15 is 0 Å². The van der Waals surface area contributed by atoms with E-state index in [-0.39, 0.29) is 119 Å². The van der Waals surface area contributed by atoms with Gasteiger partial charge in [0.15, 0.2) is 11.9 Å². The van der Waals surface area contributed by atoms with Crippen molar-refractivity contribution in [1.29, 1.82) is 10.8 Å². The number of phenols is 4. The van der Waals surface area contributed by atoms with Gasteiger partial charge in [0.2, 0.25) is 59.1 Å². The molecule has 1 heterocycles. The molecule has 5 aromatic carbocycles. The molecular formula is C73H99N19O17. The number of nitrogens with two attached hydrogens (primary N) is 4. The molecule has 0 radical (unpaired) electrons. The van der Waals surface area contributed by atoms with Crippen molar-refractivity contribution in [2.24, 2.45) is 22.9 Å². The molecule has 6 aromatic rings. The zero-order valence-corrected chi connectivity index (χ0v) is 59.9. The minimum Gasteiger partial charge on any atom is -0.508 e. The van der Waals surface area contributed by atoms with Crippen LogP contribution in [0.2, 0.25) is 0 Å². The number of aromatic hydroxyl groups is 4. The van der Waals surface area contributed by atoms with Crippen molar-refractivity contribution in [2.45, 2.75) is 137 Å². The molecule has 0 saturated carbocycles. The Labute approximate surface area is 627 Å². The van der Waals surface area contributed by atoms with E-state index in [1.54, 1.807) is 66.9 Å². The SMILES string of the molecule is N=C(N)NCCC[C@H](NC(=O)[C@H](CO)NC(=O)[C@H](CCCNC(=N)N)NC(=O)[C@@H](N)Cc1ccc(O)cc1)C(=O)N[C@@H](CCCCN)C(=O)N[C@@H](Cc1ccc(O)cc1)C(=O)N[C@@H](CO)C(=O)N[C@@H](CO)C(=O)N[C@@H](Cc1c[nH]c2ccccc12)C(=O)N[C@@H](Cc1ccc(O)cc1)C(=O)NCCc1ccc(O)cc1. The molecule has 10 atom stereocenters. The van der Waals surface area contributed by atoms with Gasteiger partial charge in [-0.25, -0.2) is 0 Å². The van der Waals surface area contributed by atoms with E-state index in [9.17, 15) is 83.7 Å². The molecule has 36 heteroatoms. The smallest absolute Gasteiger partial charge is 0.245 e. The summed E-state index contributed by atoms with van der Waals surface area (Å²) in [5, 5.41) is 118. The van der Waals surface area contributed by atoms with Crippen molar-refractivity contribution < 1.29 is 83.7 Å². The third kappa shape index (κ3) is 28.9. The van der Waals surface area contributed by atoms with Crippen LogP contribution in [0.15, 0.2) is 128 Å². The molecule has 0 spiro atoms. The van der Waals surface area contributed by atoms with Gasteiger partial charge in [-0.3, -0.25) is 58.8 Å². The van der Waals surface area contributed by atoms with Crippen LogP contribution in [0.3, 0.4) is 0 Å². The lowest BCUT2D eigenvalue weighted by atomic mass is 10.0. The maximum absolute atomic E-state index is 14.7. The number of aliphatic hydroxyl groups is 3. The number of aliphatic hydroxyl groups excluding tert-OH is 3. The van der Waals surface area contributed by atoms with Gasteiger partial charge in [0.25, 0.3) is 0 Å². The molecule has 0 fully saturated rings. The number of carbonyl (C=O) groups excluding carboxylic acids is 10. The predicted molar refractivity (Wildman–Crippen MR) is 400 cm³/mol. The summed E-state index contributed by atoms with van der Waals surface area (Å²) in [7, 11) is 0. The normalized spacial score (nSPS) is 13.8. The summed E-state index contributed by atoms with van der Waals surface area (Å²) in [6, 6.07) is 14.8. The van der Waals surface area contributed by atoms with E-state index < -0.39 is 145 Å². The van der Waals surface area contributed by atoms with Crippen LogP contribution in [0, 0.1) is 10.8 Å². The molecule has 588 valence electrons. The average molecular weight is 1510 g/mol. The largest absolute Gasteiger partial charge is 0.508 e. The number of para-hydroxylation sites is 1. The number of carbonyl (C=O) groups is 10. The molecule has 0 aliphatic carbocycles. The van der Waals surface area contributed by atoms with Crippen molar-refractivity contribution in [2.75, 3.05) is 46.0 Å². The number of nitrogens with one attached hydrogen (secondary N) is 15. The molecule has 109 heavy (non-hydrogen) atoms. The van der Waals surface area contributed by atoms with E-state index in [1.807, 2.05) is 0 Å². The van der Waals surface area contributed by atoms with Crippen molar-refractivity contribution in [3.8, 4) is 23.0 Å². The van der Waals surface area contributed by atoms with Crippen LogP contribution >= 0.6 is 0 Å². The van der Waals surface area contributed by atoms with Crippen LogP contribution in [0.25, 0.3) is 10.9 Å². The highest BCUT2D eigenvalue weighted by molar-refractivity contribution is 5.99. The minimum atomic E-state index is -1.93. The maximum Gasteiger partial charge on any atom is 0.245 e. The first kappa shape index (κ1) is 85.8. The molecule has 36 nitrogen and oxygen atoms in total. The second kappa shape index (κ2) is 44.1. The van der Waals surface area contributed by atoms with Crippen molar-refractivity contribution in [3.05, 3.63) is 155 Å². The quantitative estimate of drug-likeness (QED) is 0.00983. The molecule has 0 unspecified atom stereocenters. The first-order chi connectivity index (χ1) is 52.2. The van der Waals surface area contributed by atoms with Gasteiger partial charge in [-0.15, -0.1) is 0 Å². The van der Waals surface area contributed by atoms with Gasteiger partial charge in [0, 0.05) is 56.0 Å². The number of guanidine groups is 2. The summed E-state index contributed by atoms with van der Waals surface area (Å²) in [6.45, 7) is -3.00. The Morgan fingerprint density at radius 1 is 0.367 bits per heavy atom. The van der Waals surface area contributed by atoms with Crippen molar-refractivity contribution in [3.63, 3.8) is 0 Å². The minimum absolute atomic E-state index is 0.00955. The van der Waals surface area contributed by atoms with Crippen LogP contribution in [0.4, 0.5) is 0 Å². The van der Waals surface area contributed by atoms with Crippen LogP contribution in [-0.2, 0) is 80.0 Å². The molecule has 1 aromatic heterocycles. The van der Waals surface area contributed by atoms with E-state index in [2.05, 4.69) is 68.8 Å². The lowest BCUT2D eigenvalue weighted by molar-refractivity contribution is -0.137. The van der Waals surface area contributed by atoms with E-state index in [0.717, 1.165) is 5.56 Å². The Morgan fingerprint density at radius 2 is 0.697 bits per heavy atom. The van der Waals surface area contributed by atoms with Crippen LogP contribution in [0.5, 0.6) is 23.0 Å². The average Bonchev–Trinajstić information content (AvgIpc) is 1.71. The van der Waals surface area contributed by atoms with Gasteiger partial charge in [-0.2, -0.15) is 0 Å². The summed E-state index contributed by atoms with van der Waals surface area (Å²) < 4.78 is 0. The fourth-order valence-corrected chi connectivity index (χ4v) is 11.4. The third-order valence-electron chi connectivity index (χ3n) is 17.4. The lowest BCUT2D eigenvalue weighted by Gasteiger charge is -2.28. The van der Waals surface area contributed by atoms with Crippen LogP contribution < -0.4 is 86.7 Å².